The second-order valence-corrected chi connectivity index (χ2v) is 9.67. The van der Waals surface area contributed by atoms with Gasteiger partial charge < -0.3 is 24.8 Å². The molecule has 1 heterocycles. The predicted molar refractivity (Wildman–Crippen MR) is 144 cm³/mol. The van der Waals surface area contributed by atoms with E-state index in [1.807, 2.05) is 65.6 Å². The number of carbonyl (C=O) groups is 3. The van der Waals surface area contributed by atoms with Gasteiger partial charge in [0.2, 0.25) is 0 Å². The van der Waals surface area contributed by atoms with Crippen LogP contribution in [-0.2, 0) is 22.6 Å². The maximum absolute atomic E-state index is 13.0. The summed E-state index contributed by atoms with van der Waals surface area (Å²) in [5.74, 6) is -0.487. The van der Waals surface area contributed by atoms with Crippen LogP contribution in [0.15, 0.2) is 60.7 Å². The molecule has 37 heavy (non-hydrogen) atoms. The van der Waals surface area contributed by atoms with E-state index in [9.17, 15) is 14.4 Å². The molecule has 1 aliphatic rings. The Kier molecular flexibility index (Phi) is 11.3. The number of nitrogens with one attached hydrogen (secondary N) is 1. The normalized spacial score (nSPS) is 14.6. The van der Waals surface area contributed by atoms with Crippen molar-refractivity contribution in [2.75, 3.05) is 40.3 Å². The summed E-state index contributed by atoms with van der Waals surface area (Å²) in [6, 6.07) is 17.8. The highest BCUT2D eigenvalue weighted by Gasteiger charge is 2.25. The van der Waals surface area contributed by atoms with E-state index < -0.39 is 12.0 Å². The third-order valence-electron chi connectivity index (χ3n) is 6.66. The summed E-state index contributed by atoms with van der Waals surface area (Å²) >= 11 is 0. The molecular formula is C29H40N4O4. The molecule has 0 aliphatic carbocycles. The minimum Gasteiger partial charge on any atom is -0.459 e. The fourth-order valence-corrected chi connectivity index (χ4v) is 4.31. The fraction of sp³-hybridized carbons (Fsp3) is 0.483. The minimum atomic E-state index is -0.832. The Bertz CT molecular complexity index is 978. The Morgan fingerprint density at radius 3 is 1.97 bits per heavy atom. The van der Waals surface area contributed by atoms with Gasteiger partial charge in [0.15, 0.2) is 0 Å². The average Bonchev–Trinajstić information content (AvgIpc) is 2.90. The Balaban J connectivity index is 1.54. The van der Waals surface area contributed by atoms with Crippen LogP contribution in [-0.4, -0.2) is 79.0 Å². The van der Waals surface area contributed by atoms with E-state index in [1.165, 1.54) is 11.3 Å². The molecule has 0 saturated carbocycles. The zero-order valence-corrected chi connectivity index (χ0v) is 22.1. The smallest absolute Gasteiger partial charge is 0.329 e. The van der Waals surface area contributed by atoms with E-state index in [4.69, 9.17) is 4.74 Å². The fourth-order valence-electron chi connectivity index (χ4n) is 4.31. The quantitative estimate of drug-likeness (QED) is 0.512. The summed E-state index contributed by atoms with van der Waals surface area (Å²) < 4.78 is 5.53. The Morgan fingerprint density at radius 2 is 1.35 bits per heavy atom. The molecule has 8 nitrogen and oxygen atoms in total. The maximum atomic E-state index is 13.0. The van der Waals surface area contributed by atoms with E-state index in [-0.39, 0.29) is 18.7 Å². The molecule has 200 valence electrons. The van der Waals surface area contributed by atoms with Gasteiger partial charge in [0.05, 0.1) is 0 Å². The van der Waals surface area contributed by atoms with Crippen LogP contribution in [0.3, 0.4) is 0 Å². The molecule has 0 bridgehead atoms. The van der Waals surface area contributed by atoms with E-state index in [1.54, 1.807) is 19.0 Å². The highest BCUT2D eigenvalue weighted by atomic mass is 16.5. The number of carbonyl (C=O) groups excluding carboxylic acids is 3. The number of hydrogen-bond acceptors (Lipinski definition) is 4. The molecule has 2 aromatic carbocycles. The first-order chi connectivity index (χ1) is 17.9. The topological polar surface area (TPSA) is 82.2 Å². The van der Waals surface area contributed by atoms with Gasteiger partial charge in [-0.1, -0.05) is 79.9 Å². The highest BCUT2D eigenvalue weighted by Crippen LogP contribution is 2.12. The van der Waals surface area contributed by atoms with E-state index in [2.05, 4.69) is 5.32 Å². The zero-order chi connectivity index (χ0) is 26.5. The van der Waals surface area contributed by atoms with Crippen molar-refractivity contribution in [3.63, 3.8) is 0 Å². The van der Waals surface area contributed by atoms with Crippen LogP contribution >= 0.6 is 0 Å². The van der Waals surface area contributed by atoms with E-state index >= 15 is 0 Å². The molecule has 1 N–H and O–H groups in total. The van der Waals surface area contributed by atoms with Crippen LogP contribution < -0.4 is 5.32 Å². The summed E-state index contributed by atoms with van der Waals surface area (Å²) in [7, 11) is 3.44. The van der Waals surface area contributed by atoms with Crippen molar-refractivity contribution in [3.8, 4) is 0 Å². The first kappa shape index (κ1) is 28.0. The highest BCUT2D eigenvalue weighted by molar-refractivity contribution is 5.84. The van der Waals surface area contributed by atoms with Gasteiger partial charge in [-0.25, -0.2) is 14.4 Å². The van der Waals surface area contributed by atoms with Gasteiger partial charge in [0.25, 0.3) is 0 Å². The van der Waals surface area contributed by atoms with Gasteiger partial charge in [-0.2, -0.15) is 0 Å². The van der Waals surface area contributed by atoms with Crippen molar-refractivity contribution in [2.45, 2.75) is 51.2 Å². The lowest BCUT2D eigenvalue weighted by Crippen LogP contribution is -2.50. The molecule has 1 fully saturated rings. The number of amides is 4. The van der Waals surface area contributed by atoms with Gasteiger partial charge in [-0.15, -0.1) is 0 Å². The number of nitrogens with zero attached hydrogens (tertiary/aromatic N) is 3. The molecule has 1 atom stereocenters. The van der Waals surface area contributed by atoms with Crippen LogP contribution in [0.4, 0.5) is 9.59 Å². The number of rotatable bonds is 9. The first-order valence-corrected chi connectivity index (χ1v) is 13.2. The third kappa shape index (κ3) is 9.44. The summed E-state index contributed by atoms with van der Waals surface area (Å²) in [6.07, 6.45) is 5.95. The lowest BCUT2D eigenvalue weighted by Gasteiger charge is -2.31. The summed E-state index contributed by atoms with van der Waals surface area (Å²) in [5.41, 5.74) is 1.80. The average molecular weight is 509 g/mol. The number of esters is 1. The number of likely N-dealkylation sites (tertiary alicyclic amines) is 1. The second kappa shape index (κ2) is 14.9. The monoisotopic (exact) mass is 508 g/mol. The molecule has 1 aliphatic heterocycles. The Hall–Kier alpha value is -3.55. The summed E-state index contributed by atoms with van der Waals surface area (Å²) in [4.78, 5) is 43.9. The molecule has 0 unspecified atom stereocenters. The number of hydrogen-bond donors (Lipinski definition) is 1. The Morgan fingerprint density at radius 1 is 0.811 bits per heavy atom. The van der Waals surface area contributed by atoms with Crippen molar-refractivity contribution in [1.29, 1.82) is 0 Å². The molecular weight excluding hydrogens is 468 g/mol. The number of benzene rings is 2. The van der Waals surface area contributed by atoms with Crippen molar-refractivity contribution in [1.82, 2.24) is 20.0 Å². The van der Waals surface area contributed by atoms with Gasteiger partial charge in [0, 0.05) is 46.7 Å². The first-order valence-electron chi connectivity index (χ1n) is 13.2. The van der Waals surface area contributed by atoms with Crippen molar-refractivity contribution in [3.05, 3.63) is 71.8 Å². The van der Waals surface area contributed by atoms with Crippen LogP contribution in [0.1, 0.15) is 43.2 Å². The van der Waals surface area contributed by atoms with E-state index in [0.717, 1.165) is 49.9 Å². The molecule has 8 heteroatoms. The van der Waals surface area contributed by atoms with Crippen molar-refractivity contribution >= 4 is 18.0 Å². The molecule has 0 aromatic heterocycles. The van der Waals surface area contributed by atoms with Gasteiger partial charge in [0.1, 0.15) is 12.6 Å². The van der Waals surface area contributed by atoms with E-state index in [0.29, 0.717) is 19.5 Å². The lowest BCUT2D eigenvalue weighted by molar-refractivity contribution is -0.147. The number of ether oxygens (including phenoxy) is 1. The number of urea groups is 2. The standard InChI is InChI=1S/C29H40N4O4/c1-31(20-21-32(2)29(36)33-18-12-4-3-5-13-19-33)28(35)30-26(22-24-14-8-6-9-15-24)27(34)37-23-25-16-10-7-11-17-25/h6-11,14-17,26H,3-5,12-13,18-23H2,1-2H3,(H,30,35)/t26-/m0/s1. The molecule has 2 aromatic rings. The third-order valence-corrected chi connectivity index (χ3v) is 6.66. The summed E-state index contributed by atoms with van der Waals surface area (Å²) in [6.45, 7) is 2.46. The van der Waals surface area contributed by atoms with Gasteiger partial charge >= 0.3 is 18.0 Å². The Labute approximate surface area is 220 Å². The minimum absolute atomic E-state index is 0.00199. The van der Waals surface area contributed by atoms with Crippen LogP contribution in [0.5, 0.6) is 0 Å². The summed E-state index contributed by atoms with van der Waals surface area (Å²) in [5, 5.41) is 2.83. The van der Waals surface area contributed by atoms with Crippen molar-refractivity contribution in [2.24, 2.45) is 0 Å². The van der Waals surface area contributed by atoms with Gasteiger partial charge in [-0.05, 0) is 24.0 Å². The molecule has 0 radical (unpaired) electrons. The number of likely N-dealkylation sites (N-methyl/N-ethyl adjacent to an activating group) is 2. The largest absolute Gasteiger partial charge is 0.459 e. The van der Waals surface area contributed by atoms with Crippen LogP contribution in [0.25, 0.3) is 0 Å². The molecule has 1 saturated heterocycles. The van der Waals surface area contributed by atoms with Crippen molar-refractivity contribution < 1.29 is 19.1 Å². The SMILES string of the molecule is CN(CCN(C)C(=O)N1CCCCCCC1)C(=O)N[C@@H](Cc1ccccc1)C(=O)OCc1ccccc1. The predicted octanol–water partition coefficient (Wildman–Crippen LogP) is 4.30. The molecule has 4 amide bonds. The second-order valence-electron chi connectivity index (χ2n) is 9.67. The van der Waals surface area contributed by atoms with Crippen LogP contribution in [0.2, 0.25) is 0 Å². The lowest BCUT2D eigenvalue weighted by atomic mass is 10.1. The zero-order valence-electron chi connectivity index (χ0n) is 22.1. The van der Waals surface area contributed by atoms with Gasteiger partial charge in [-0.3, -0.25) is 0 Å². The molecule has 0 spiro atoms. The maximum Gasteiger partial charge on any atom is 0.329 e. The molecule has 3 rings (SSSR count). The van der Waals surface area contributed by atoms with Crippen LogP contribution in [0, 0.1) is 0 Å².